The highest BCUT2D eigenvalue weighted by molar-refractivity contribution is 6.19. The minimum absolute atomic E-state index is 0.695. The second-order valence-electron chi connectivity index (χ2n) is 33.5. The summed E-state index contributed by atoms with van der Waals surface area (Å²) < 4.78 is 4.92. The molecule has 0 bridgehead atoms. The van der Waals surface area contributed by atoms with Gasteiger partial charge in [0.05, 0.1) is 55.9 Å². The lowest BCUT2D eigenvalue weighted by atomic mass is 9.98. The molecule has 0 atom stereocenters. The molecular weight excluding hydrogens is 1550 g/mol. The first kappa shape index (κ1) is 73.6. The molecule has 128 heavy (non-hydrogen) atoms. The van der Waals surface area contributed by atoms with Crippen molar-refractivity contribution < 1.29 is 0 Å². The van der Waals surface area contributed by atoms with E-state index in [9.17, 15) is 0 Å². The fourth-order valence-electron chi connectivity index (χ4n) is 19.7. The summed E-state index contributed by atoms with van der Waals surface area (Å²) in [5.74, 6) is 1.40. The first-order valence-corrected chi connectivity index (χ1v) is 43.8. The van der Waals surface area contributed by atoms with Crippen LogP contribution in [0.15, 0.2) is 461 Å². The smallest absolute Gasteiger partial charge is 0.161 e. The van der Waals surface area contributed by atoms with Gasteiger partial charge in [0.25, 0.3) is 0 Å². The first-order valence-electron chi connectivity index (χ1n) is 43.8. The summed E-state index contributed by atoms with van der Waals surface area (Å²) in [6.07, 6.45) is 0. The van der Waals surface area contributed by atoms with Gasteiger partial charge in [-0.25, -0.2) is 19.9 Å². The zero-order valence-electron chi connectivity index (χ0n) is 69.6. The van der Waals surface area contributed by atoms with Crippen LogP contribution in [0.4, 0.5) is 0 Å². The van der Waals surface area contributed by atoms with Crippen LogP contribution < -0.4 is 0 Å². The molecule has 0 spiro atoms. The van der Waals surface area contributed by atoms with Crippen molar-refractivity contribution in [2.75, 3.05) is 0 Å². The van der Waals surface area contributed by atoms with Gasteiger partial charge in [-0.05, 0) is 236 Å². The standard InChI is InChI=1S/C62H39N3.C60H37N3/c1-3-13-40(14-4-1)43-23-26-44(27-24-43)61-54-31-29-50(41-15-5-2-6-16-41)38-57(54)63-62(64-61)53-32-34-58(52-22-12-11-21-51(52)53)65-59-33-30-49(48-28-25-42-17-7-8-18-45(42)35-48)37-55(59)56-36-46-19-9-10-20-47(46)39-60(56)65;1-2-12-38(13-3-1)47-26-28-52-55(36-47)61-60(62-59(52)48-25-23-40-15-5-7-17-42(40)33-48)51-29-31-56(50-21-11-10-20-49(50)51)63-57-30-27-46(45-24-22-39-14-4-6-16-41(39)32-45)35-53(57)54-34-43-18-8-9-19-44(43)37-58(54)63/h1-39H;1-37H. The summed E-state index contributed by atoms with van der Waals surface area (Å²) in [4.78, 5) is 21.7. The Morgan fingerprint density at radius 2 is 0.422 bits per heavy atom. The zero-order chi connectivity index (χ0) is 84.3. The fourth-order valence-corrected chi connectivity index (χ4v) is 19.7. The van der Waals surface area contributed by atoms with Gasteiger partial charge in [-0.2, -0.15) is 0 Å². The number of nitrogens with zero attached hydrogens (tertiary/aromatic N) is 6. The van der Waals surface area contributed by atoms with Crippen LogP contribution in [-0.4, -0.2) is 29.1 Å². The molecule has 26 aromatic rings. The number of rotatable bonds is 11. The quantitative estimate of drug-likeness (QED) is 0.129. The second-order valence-corrected chi connectivity index (χ2v) is 33.5. The summed E-state index contributed by atoms with van der Waals surface area (Å²) >= 11 is 0. The summed E-state index contributed by atoms with van der Waals surface area (Å²) in [5.41, 5.74) is 26.4. The molecule has 22 aromatic carbocycles. The van der Waals surface area contributed by atoms with Crippen LogP contribution in [0.5, 0.6) is 0 Å². The van der Waals surface area contributed by atoms with E-state index in [0.717, 1.165) is 122 Å². The monoisotopic (exact) mass is 1620 g/mol. The Morgan fingerprint density at radius 1 is 0.141 bits per heavy atom. The molecule has 26 rings (SSSR count). The van der Waals surface area contributed by atoms with E-state index in [-0.39, 0.29) is 0 Å². The second kappa shape index (κ2) is 30.5. The van der Waals surface area contributed by atoms with Crippen molar-refractivity contribution in [2.24, 2.45) is 0 Å². The maximum atomic E-state index is 5.47. The molecule has 0 aliphatic carbocycles. The zero-order valence-corrected chi connectivity index (χ0v) is 69.6. The topological polar surface area (TPSA) is 61.4 Å². The van der Waals surface area contributed by atoms with Gasteiger partial charge in [-0.3, -0.25) is 0 Å². The van der Waals surface area contributed by atoms with E-state index < -0.39 is 0 Å². The van der Waals surface area contributed by atoms with E-state index in [0.29, 0.717) is 11.6 Å². The van der Waals surface area contributed by atoms with Crippen LogP contribution in [-0.2, 0) is 0 Å². The Labute approximate surface area is 738 Å². The molecule has 0 amide bonds. The first-order chi connectivity index (χ1) is 63.4. The van der Waals surface area contributed by atoms with Crippen molar-refractivity contribution >= 4 is 141 Å². The van der Waals surface area contributed by atoms with Gasteiger partial charge >= 0.3 is 0 Å². The number of hydrogen-bond donors (Lipinski definition) is 0. The average molecular weight is 1630 g/mol. The van der Waals surface area contributed by atoms with Crippen molar-refractivity contribution in [3.63, 3.8) is 0 Å². The molecule has 0 aliphatic heterocycles. The third-order valence-corrected chi connectivity index (χ3v) is 26.1. The van der Waals surface area contributed by atoms with E-state index in [1.165, 1.54) is 120 Å². The van der Waals surface area contributed by atoms with Crippen molar-refractivity contribution in [2.45, 2.75) is 0 Å². The minimum atomic E-state index is 0.695. The van der Waals surface area contributed by atoms with E-state index in [1.54, 1.807) is 0 Å². The SMILES string of the molecule is c1ccc(-c2ccc(-c3nc(-c4ccc(-n5c6ccc(-c7ccc8ccccc8c7)cc6c6cc7ccccc7cc65)c5ccccc45)nc4cc(-c5ccccc5)ccc34)cc2)cc1.c1ccc(-c2ccc3c(-c4ccc5ccccc5c4)nc(-c4ccc(-n5c6ccc(-c7ccc8ccccc8c7)cc6c6cc7ccccc7cc65)c5ccccc45)nc3c2)cc1. The van der Waals surface area contributed by atoms with Crippen molar-refractivity contribution in [3.8, 4) is 112 Å². The maximum Gasteiger partial charge on any atom is 0.161 e. The predicted molar refractivity (Wildman–Crippen MR) is 539 cm³/mol. The predicted octanol–water partition coefficient (Wildman–Crippen LogP) is 32.5. The molecule has 6 heteroatoms. The molecule has 0 unspecified atom stereocenters. The molecule has 4 aromatic heterocycles. The molecule has 4 heterocycles. The van der Waals surface area contributed by atoms with E-state index in [4.69, 9.17) is 19.9 Å². The summed E-state index contributed by atoms with van der Waals surface area (Å²) in [7, 11) is 0. The van der Waals surface area contributed by atoms with E-state index >= 15 is 0 Å². The van der Waals surface area contributed by atoms with Crippen molar-refractivity contribution in [1.82, 2.24) is 29.1 Å². The highest BCUT2D eigenvalue weighted by Gasteiger charge is 2.25. The fraction of sp³-hybridized carbons (Fsp3) is 0. The van der Waals surface area contributed by atoms with Gasteiger partial charge < -0.3 is 9.13 Å². The highest BCUT2D eigenvalue weighted by atomic mass is 15.0. The molecule has 594 valence electrons. The van der Waals surface area contributed by atoms with Crippen LogP contribution in [0.25, 0.3) is 253 Å². The van der Waals surface area contributed by atoms with Crippen LogP contribution in [0.1, 0.15) is 0 Å². The third kappa shape index (κ3) is 12.8. The van der Waals surface area contributed by atoms with Crippen LogP contribution in [0.3, 0.4) is 0 Å². The van der Waals surface area contributed by atoms with Gasteiger partial charge in [-0.1, -0.05) is 346 Å². The lowest BCUT2D eigenvalue weighted by Crippen LogP contribution is -1.99. The molecule has 0 saturated carbocycles. The number of benzene rings is 22. The van der Waals surface area contributed by atoms with Gasteiger partial charge in [-0.15, -0.1) is 0 Å². The Hall–Kier alpha value is -17.1. The number of aromatic nitrogens is 6. The Kier molecular flexibility index (Phi) is 17.5. The normalized spacial score (nSPS) is 11.8. The van der Waals surface area contributed by atoms with Crippen molar-refractivity contribution in [1.29, 1.82) is 0 Å². The van der Waals surface area contributed by atoms with Gasteiger partial charge in [0.2, 0.25) is 0 Å². The van der Waals surface area contributed by atoms with Crippen LogP contribution in [0.2, 0.25) is 0 Å². The van der Waals surface area contributed by atoms with Crippen LogP contribution >= 0.6 is 0 Å². The largest absolute Gasteiger partial charge is 0.309 e. The Balaban J connectivity index is 0.000000139. The molecule has 0 aliphatic rings. The van der Waals surface area contributed by atoms with E-state index in [1.807, 2.05) is 0 Å². The Morgan fingerprint density at radius 3 is 0.844 bits per heavy atom. The number of hydrogen-bond acceptors (Lipinski definition) is 4. The van der Waals surface area contributed by atoms with Gasteiger partial charge in [0.15, 0.2) is 11.6 Å². The molecule has 6 nitrogen and oxygen atoms in total. The van der Waals surface area contributed by atoms with Gasteiger partial charge in [0, 0.05) is 65.3 Å². The lowest BCUT2D eigenvalue weighted by molar-refractivity contribution is 1.19. The Bertz CT molecular complexity index is 9000. The van der Waals surface area contributed by atoms with E-state index in [2.05, 4.69) is 470 Å². The number of fused-ring (bicyclic) bond motifs is 15. The maximum absolute atomic E-state index is 5.47. The minimum Gasteiger partial charge on any atom is -0.309 e. The van der Waals surface area contributed by atoms with Crippen LogP contribution in [0, 0.1) is 0 Å². The third-order valence-electron chi connectivity index (χ3n) is 26.1. The van der Waals surface area contributed by atoms with Gasteiger partial charge in [0.1, 0.15) is 0 Å². The summed E-state index contributed by atoms with van der Waals surface area (Å²) in [6, 6.07) is 167. The molecule has 0 saturated heterocycles. The summed E-state index contributed by atoms with van der Waals surface area (Å²) in [6.45, 7) is 0. The lowest BCUT2D eigenvalue weighted by Gasteiger charge is -2.16. The average Bonchev–Trinajstić information content (AvgIpc) is 1.55. The summed E-state index contributed by atoms with van der Waals surface area (Å²) in [5, 5.41) is 23.6. The molecule has 0 fully saturated rings. The molecule has 0 radical (unpaired) electrons. The molecule has 0 N–H and O–H groups in total. The highest BCUT2D eigenvalue weighted by Crippen LogP contribution is 2.46. The molecular formula is C122H76N6. The van der Waals surface area contributed by atoms with Crippen molar-refractivity contribution in [3.05, 3.63) is 461 Å².